The molecule has 0 atom stereocenters. The van der Waals surface area contributed by atoms with E-state index in [4.69, 9.17) is 0 Å². The molecule has 422 valence electrons. The Morgan fingerprint density at radius 1 is 0.282 bits per heavy atom. The Morgan fingerprint density at radius 2 is 0.529 bits per heavy atom. The maximum atomic E-state index is 2.45. The fraction of sp³-hybridized carbons (Fsp3) is 0.210. The van der Waals surface area contributed by atoms with Crippen LogP contribution in [0.1, 0.15) is 108 Å². The van der Waals surface area contributed by atoms with Crippen LogP contribution in [0.15, 0.2) is 206 Å². The number of hydrogen-bond acceptors (Lipinski definition) is 2. The molecule has 0 amide bonds. The minimum Gasteiger partial charge on any atom is -0.310 e. The largest absolute Gasteiger partial charge is 0.310 e. The zero-order valence-corrected chi connectivity index (χ0v) is 54.3. The van der Waals surface area contributed by atoms with Gasteiger partial charge < -0.3 is 9.80 Å². The van der Waals surface area contributed by atoms with E-state index in [-0.39, 0.29) is 16.2 Å². The lowest BCUT2D eigenvalue weighted by Gasteiger charge is -2.29. The van der Waals surface area contributed by atoms with Gasteiger partial charge in [0, 0.05) is 50.4 Å². The lowest BCUT2D eigenvalue weighted by atomic mass is 9.81. The summed E-state index contributed by atoms with van der Waals surface area (Å²) in [6, 6.07) is 78.7. The van der Waals surface area contributed by atoms with Crippen LogP contribution in [-0.2, 0) is 16.2 Å². The van der Waals surface area contributed by atoms with Gasteiger partial charge in [0.1, 0.15) is 0 Å². The highest BCUT2D eigenvalue weighted by molar-refractivity contribution is 6.89. The highest BCUT2D eigenvalue weighted by Crippen LogP contribution is 2.54. The van der Waals surface area contributed by atoms with Crippen molar-refractivity contribution in [3.63, 3.8) is 0 Å². The molecule has 85 heavy (non-hydrogen) atoms. The summed E-state index contributed by atoms with van der Waals surface area (Å²) in [6.07, 6.45) is 9.22. The summed E-state index contributed by atoms with van der Waals surface area (Å²) in [6.45, 7) is 33.3. The van der Waals surface area contributed by atoms with E-state index in [0.717, 1.165) is 0 Å². The van der Waals surface area contributed by atoms with E-state index < -0.39 is 16.1 Å². The number of nitrogens with zero attached hydrogens (tertiary/aromatic N) is 2. The zero-order chi connectivity index (χ0) is 59.5. The van der Waals surface area contributed by atoms with Crippen LogP contribution >= 0.6 is 0 Å². The van der Waals surface area contributed by atoms with Gasteiger partial charge in [-0.05, 0) is 175 Å². The van der Waals surface area contributed by atoms with E-state index >= 15 is 0 Å². The highest BCUT2D eigenvalue weighted by Gasteiger charge is 2.39. The van der Waals surface area contributed by atoms with E-state index in [1.165, 1.54) is 145 Å². The lowest BCUT2D eigenvalue weighted by molar-refractivity contribution is 0.660. The van der Waals surface area contributed by atoms with Crippen LogP contribution in [0, 0.1) is 13.8 Å². The SMILES string of the molecule is Cc1ccccc1N(c1ccc([Si](C)(C)C)cc1)c1ccc2c(c1)C(C)(C)c1cc(/C=C/c3ccc4c(c3)C(C)(C)c3cc(/C=C/c5ccc6c(c5)C(C)(C)c5cc(N(c7ccc([Si](C)(C)C)cc7)c7ccccc7C)ccc5-6)ccc3-4)ccc1-2. The van der Waals surface area contributed by atoms with Gasteiger partial charge in [-0.2, -0.15) is 0 Å². The number of hydrogen-bond donors (Lipinski definition) is 0. The maximum Gasteiger partial charge on any atom is 0.0775 e. The second kappa shape index (κ2) is 20.5. The normalized spacial score (nSPS) is 14.9. The molecule has 0 bridgehead atoms. The molecule has 3 aliphatic rings. The molecule has 10 aromatic carbocycles. The Bertz CT molecular complexity index is 4080. The van der Waals surface area contributed by atoms with Crippen molar-refractivity contribution in [1.29, 1.82) is 0 Å². The smallest absolute Gasteiger partial charge is 0.0775 e. The topological polar surface area (TPSA) is 6.48 Å². The van der Waals surface area contributed by atoms with Gasteiger partial charge in [0.2, 0.25) is 0 Å². The van der Waals surface area contributed by atoms with Gasteiger partial charge in [-0.25, -0.2) is 0 Å². The van der Waals surface area contributed by atoms with Crippen molar-refractivity contribution < 1.29 is 0 Å². The van der Waals surface area contributed by atoms with Crippen molar-refractivity contribution in [2.45, 2.75) is 111 Å². The molecule has 0 aliphatic heterocycles. The van der Waals surface area contributed by atoms with Crippen molar-refractivity contribution in [1.82, 2.24) is 0 Å². The van der Waals surface area contributed by atoms with Crippen LogP contribution in [0.3, 0.4) is 0 Å². The summed E-state index contributed by atoms with van der Waals surface area (Å²) >= 11 is 0. The minimum absolute atomic E-state index is 0.152. The molecule has 0 saturated carbocycles. The molecule has 2 nitrogen and oxygen atoms in total. The summed E-state index contributed by atoms with van der Waals surface area (Å²) in [7, 11) is -2.90. The van der Waals surface area contributed by atoms with E-state index in [2.05, 4.69) is 335 Å². The number of anilines is 6. The number of rotatable bonds is 12. The van der Waals surface area contributed by atoms with Crippen molar-refractivity contribution >= 4 is 84.9 Å². The molecule has 3 aliphatic carbocycles. The second-order valence-electron chi connectivity index (χ2n) is 28.1. The Hall–Kier alpha value is -8.29. The molecule has 0 unspecified atom stereocenters. The third-order valence-corrected chi connectivity index (χ3v) is 23.4. The first-order valence-corrected chi connectivity index (χ1v) is 37.6. The van der Waals surface area contributed by atoms with Crippen LogP contribution in [0.5, 0.6) is 0 Å². The third kappa shape index (κ3) is 9.72. The molecule has 4 heteroatoms. The van der Waals surface area contributed by atoms with Crippen molar-refractivity contribution in [3.05, 3.63) is 273 Å². The third-order valence-electron chi connectivity index (χ3n) is 19.2. The average Bonchev–Trinajstić information content (AvgIpc) is 1.75. The molecule has 0 N–H and O–H groups in total. The molecule has 0 radical (unpaired) electrons. The Kier molecular flexibility index (Phi) is 13.5. The maximum absolute atomic E-state index is 2.45. The average molecular weight is 1140 g/mol. The fourth-order valence-electron chi connectivity index (χ4n) is 14.0. The molecule has 0 saturated heterocycles. The number of benzene rings is 10. The highest BCUT2D eigenvalue weighted by atomic mass is 28.3. The van der Waals surface area contributed by atoms with Gasteiger partial charge in [-0.1, -0.05) is 261 Å². The predicted octanol–water partition coefficient (Wildman–Crippen LogP) is 21.6. The van der Waals surface area contributed by atoms with Crippen molar-refractivity contribution in [2.24, 2.45) is 0 Å². The summed E-state index contributed by atoms with van der Waals surface area (Å²) in [4.78, 5) is 4.89. The van der Waals surface area contributed by atoms with Crippen LogP contribution in [-0.4, -0.2) is 16.1 Å². The fourth-order valence-corrected chi connectivity index (χ4v) is 16.4. The van der Waals surface area contributed by atoms with Gasteiger partial charge in [0.15, 0.2) is 0 Å². The standard InChI is InChI=1S/C81H80N2Si2/c1-53-19-15-17-21-77(53)82(59-31-37-63(38-32-59)84(9,10)11)61-35-45-69-67-43-29-57(49-73(67)80(5,6)75(69)51-61)25-23-55-27-41-65-66-42-28-56(48-72(66)79(3,4)71(65)47-55)24-26-58-30-44-68-70-46-36-62(52-76(70)81(7,8)74(68)50-58)83(78-22-18-16-20-54(78)2)60-33-39-64(40-34-60)85(12,13)14/h15-52H,1-14H3/b25-23+,26-24+. The second-order valence-corrected chi connectivity index (χ2v) is 38.2. The quantitative estimate of drug-likeness (QED) is 0.0889. The molecule has 0 heterocycles. The van der Waals surface area contributed by atoms with Gasteiger partial charge in [-0.15, -0.1) is 0 Å². The lowest BCUT2D eigenvalue weighted by Crippen LogP contribution is -2.37. The summed E-state index contributed by atoms with van der Waals surface area (Å²) in [5.41, 5.74) is 30.2. The van der Waals surface area contributed by atoms with Gasteiger partial charge >= 0.3 is 0 Å². The van der Waals surface area contributed by atoms with Crippen molar-refractivity contribution in [3.8, 4) is 33.4 Å². The molecule has 0 aromatic heterocycles. The van der Waals surface area contributed by atoms with E-state index in [0.29, 0.717) is 0 Å². The summed E-state index contributed by atoms with van der Waals surface area (Å²) in [5, 5.41) is 2.94. The molecule has 0 spiro atoms. The number of para-hydroxylation sites is 2. The Balaban J connectivity index is 0.728. The van der Waals surface area contributed by atoms with E-state index in [9.17, 15) is 0 Å². The molecule has 0 fully saturated rings. The zero-order valence-electron chi connectivity index (χ0n) is 52.3. The van der Waals surface area contributed by atoms with Crippen LogP contribution < -0.4 is 20.2 Å². The first kappa shape index (κ1) is 55.9. The predicted molar refractivity (Wildman–Crippen MR) is 375 cm³/mol. The number of aryl methyl sites for hydroxylation is 2. The first-order chi connectivity index (χ1) is 40.5. The van der Waals surface area contributed by atoms with Gasteiger partial charge in [0.05, 0.1) is 16.1 Å². The summed E-state index contributed by atoms with van der Waals surface area (Å²) in [5.74, 6) is 0. The Labute approximate surface area is 508 Å². The first-order valence-electron chi connectivity index (χ1n) is 30.6. The summed E-state index contributed by atoms with van der Waals surface area (Å²) < 4.78 is 0. The molecular formula is C81H80N2Si2. The molecule has 13 rings (SSSR count). The van der Waals surface area contributed by atoms with E-state index in [1.54, 1.807) is 0 Å². The van der Waals surface area contributed by atoms with Crippen LogP contribution in [0.25, 0.3) is 57.7 Å². The number of fused-ring (bicyclic) bond motifs is 9. The Morgan fingerprint density at radius 3 is 0.800 bits per heavy atom. The van der Waals surface area contributed by atoms with Gasteiger partial charge in [-0.3, -0.25) is 0 Å². The minimum atomic E-state index is -1.45. The molecular weight excluding hydrogens is 1060 g/mol. The monoisotopic (exact) mass is 1140 g/mol. The molecule has 10 aromatic rings. The van der Waals surface area contributed by atoms with Gasteiger partial charge in [0.25, 0.3) is 0 Å². The van der Waals surface area contributed by atoms with Crippen molar-refractivity contribution in [2.75, 3.05) is 9.80 Å². The van der Waals surface area contributed by atoms with Crippen LogP contribution in [0.2, 0.25) is 39.3 Å². The van der Waals surface area contributed by atoms with E-state index in [1.807, 2.05) is 0 Å². The van der Waals surface area contributed by atoms with Crippen LogP contribution in [0.4, 0.5) is 34.1 Å².